The lowest BCUT2D eigenvalue weighted by molar-refractivity contribution is -0.123. The average Bonchev–Trinajstić information content (AvgIpc) is 2.75. The van der Waals surface area contributed by atoms with Crippen molar-refractivity contribution in [1.29, 1.82) is 0 Å². The van der Waals surface area contributed by atoms with E-state index in [1.807, 2.05) is 0 Å². The quantitative estimate of drug-likeness (QED) is 0.588. The Morgan fingerprint density at radius 1 is 1.32 bits per heavy atom. The van der Waals surface area contributed by atoms with Crippen LogP contribution in [0.25, 0.3) is 6.08 Å². The predicted octanol–water partition coefficient (Wildman–Crippen LogP) is 3.28. The lowest BCUT2D eigenvalue weighted by atomic mass is 10.2. The molecular formula is C15H14ClNO4S. The van der Waals surface area contributed by atoms with E-state index in [-0.39, 0.29) is 24.1 Å². The zero-order chi connectivity index (χ0) is 16.1. The molecule has 1 aliphatic rings. The molecule has 0 aromatic heterocycles. The monoisotopic (exact) mass is 339 g/mol. The van der Waals surface area contributed by atoms with E-state index in [0.29, 0.717) is 11.3 Å². The van der Waals surface area contributed by atoms with Gasteiger partial charge in [0.05, 0.1) is 12.0 Å². The number of thioether (sulfide) groups is 1. The molecule has 1 saturated heterocycles. The standard InChI is InChI=1S/C15H14ClNO4S/c1-21-11-6-4-10(5-7-11)9-12-14(19)17(15(20)22-12)8-2-3-13(16)18/h4-7,9H,2-3,8H2,1H3. The van der Waals surface area contributed by atoms with Gasteiger partial charge in [0.2, 0.25) is 5.24 Å². The maximum Gasteiger partial charge on any atom is 0.293 e. The fourth-order valence-electron chi connectivity index (χ4n) is 1.92. The van der Waals surface area contributed by atoms with Crippen LogP contribution in [-0.2, 0) is 9.59 Å². The predicted molar refractivity (Wildman–Crippen MR) is 85.8 cm³/mol. The Morgan fingerprint density at radius 3 is 2.59 bits per heavy atom. The first-order chi connectivity index (χ1) is 10.5. The molecule has 0 saturated carbocycles. The molecule has 0 radical (unpaired) electrons. The van der Waals surface area contributed by atoms with Crippen LogP contribution < -0.4 is 4.74 Å². The van der Waals surface area contributed by atoms with Gasteiger partial charge in [-0.25, -0.2) is 0 Å². The van der Waals surface area contributed by atoms with Crippen molar-refractivity contribution in [3.63, 3.8) is 0 Å². The van der Waals surface area contributed by atoms with Crippen molar-refractivity contribution in [3.05, 3.63) is 34.7 Å². The Labute approximate surface area is 137 Å². The van der Waals surface area contributed by atoms with E-state index in [1.165, 1.54) is 0 Å². The number of halogens is 1. The van der Waals surface area contributed by atoms with Gasteiger partial charge in [0, 0.05) is 13.0 Å². The molecule has 0 bridgehead atoms. The van der Waals surface area contributed by atoms with Crippen LogP contribution in [0.5, 0.6) is 5.75 Å². The zero-order valence-electron chi connectivity index (χ0n) is 11.9. The number of benzene rings is 1. The molecule has 1 fully saturated rings. The number of carbonyl (C=O) groups excluding carboxylic acids is 3. The Kier molecular flexibility index (Phi) is 5.63. The molecule has 22 heavy (non-hydrogen) atoms. The minimum absolute atomic E-state index is 0.140. The van der Waals surface area contributed by atoms with Gasteiger partial charge >= 0.3 is 0 Å². The number of rotatable bonds is 6. The highest BCUT2D eigenvalue weighted by molar-refractivity contribution is 8.18. The molecule has 7 heteroatoms. The first kappa shape index (κ1) is 16.6. The van der Waals surface area contributed by atoms with Gasteiger partial charge in [-0.3, -0.25) is 19.3 Å². The lowest BCUT2D eigenvalue weighted by Crippen LogP contribution is -2.29. The molecule has 1 aromatic carbocycles. The largest absolute Gasteiger partial charge is 0.497 e. The van der Waals surface area contributed by atoms with Gasteiger partial charge < -0.3 is 4.74 Å². The summed E-state index contributed by atoms with van der Waals surface area (Å²) in [4.78, 5) is 36.2. The summed E-state index contributed by atoms with van der Waals surface area (Å²) in [5.41, 5.74) is 0.808. The number of hydrogen-bond donors (Lipinski definition) is 0. The molecule has 1 aromatic rings. The SMILES string of the molecule is COc1ccc(C=C2SC(=O)N(CCCC(=O)Cl)C2=O)cc1. The molecule has 0 N–H and O–H groups in total. The molecule has 5 nitrogen and oxygen atoms in total. The first-order valence-electron chi connectivity index (χ1n) is 6.59. The van der Waals surface area contributed by atoms with Crippen LogP contribution in [0.15, 0.2) is 29.2 Å². The van der Waals surface area contributed by atoms with Crippen molar-refractivity contribution in [1.82, 2.24) is 4.90 Å². The third-order valence-electron chi connectivity index (χ3n) is 3.04. The number of amides is 2. The molecule has 116 valence electrons. The van der Waals surface area contributed by atoms with Crippen molar-refractivity contribution in [2.45, 2.75) is 12.8 Å². The molecule has 0 unspecified atom stereocenters. The van der Waals surface area contributed by atoms with Gasteiger partial charge in [0.15, 0.2) is 0 Å². The van der Waals surface area contributed by atoms with Gasteiger partial charge in [-0.2, -0.15) is 0 Å². The molecule has 1 heterocycles. The minimum atomic E-state index is -0.472. The van der Waals surface area contributed by atoms with Crippen molar-refractivity contribution in [3.8, 4) is 5.75 Å². The fourth-order valence-corrected chi connectivity index (χ4v) is 2.92. The van der Waals surface area contributed by atoms with Crippen LogP contribution in [0.2, 0.25) is 0 Å². The molecule has 1 aliphatic heterocycles. The maximum absolute atomic E-state index is 12.2. The second-order valence-electron chi connectivity index (χ2n) is 4.57. The van der Waals surface area contributed by atoms with E-state index in [1.54, 1.807) is 37.5 Å². The number of nitrogens with zero attached hydrogens (tertiary/aromatic N) is 1. The van der Waals surface area contributed by atoms with Crippen LogP contribution in [0.1, 0.15) is 18.4 Å². The van der Waals surface area contributed by atoms with Crippen LogP contribution in [-0.4, -0.2) is 34.9 Å². The van der Waals surface area contributed by atoms with Crippen molar-refractivity contribution in [2.75, 3.05) is 13.7 Å². The van der Waals surface area contributed by atoms with Gasteiger partial charge in [-0.1, -0.05) is 12.1 Å². The summed E-state index contributed by atoms with van der Waals surface area (Å²) < 4.78 is 5.06. The van der Waals surface area contributed by atoms with Crippen LogP contribution >= 0.6 is 23.4 Å². The molecular weight excluding hydrogens is 326 g/mol. The number of hydrogen-bond acceptors (Lipinski definition) is 5. The Balaban J connectivity index is 2.06. The Morgan fingerprint density at radius 2 is 2.00 bits per heavy atom. The molecule has 2 amide bonds. The summed E-state index contributed by atoms with van der Waals surface area (Å²) in [7, 11) is 1.58. The second-order valence-corrected chi connectivity index (χ2v) is 5.98. The number of methoxy groups -OCH3 is 1. The topological polar surface area (TPSA) is 63.7 Å². The van der Waals surface area contributed by atoms with Crippen molar-refractivity contribution < 1.29 is 19.1 Å². The van der Waals surface area contributed by atoms with E-state index < -0.39 is 5.24 Å². The summed E-state index contributed by atoms with van der Waals surface area (Å²) in [6.45, 7) is 0.197. The zero-order valence-corrected chi connectivity index (χ0v) is 13.4. The maximum atomic E-state index is 12.2. The van der Waals surface area contributed by atoms with Gasteiger partial charge in [0.25, 0.3) is 11.1 Å². The van der Waals surface area contributed by atoms with Crippen LogP contribution in [0.3, 0.4) is 0 Å². The highest BCUT2D eigenvalue weighted by atomic mass is 35.5. The summed E-state index contributed by atoms with van der Waals surface area (Å²) in [5, 5.41) is -0.799. The molecule has 2 rings (SSSR count). The van der Waals surface area contributed by atoms with E-state index in [0.717, 1.165) is 28.0 Å². The van der Waals surface area contributed by atoms with Crippen LogP contribution in [0, 0.1) is 0 Å². The van der Waals surface area contributed by atoms with E-state index in [9.17, 15) is 14.4 Å². The summed E-state index contributed by atoms with van der Waals surface area (Å²) >= 11 is 6.14. The Bertz CT molecular complexity index is 627. The third-order valence-corrected chi connectivity index (χ3v) is 4.14. The minimum Gasteiger partial charge on any atom is -0.497 e. The first-order valence-corrected chi connectivity index (χ1v) is 7.78. The molecule has 0 atom stereocenters. The summed E-state index contributed by atoms with van der Waals surface area (Å²) in [6, 6.07) is 7.17. The summed E-state index contributed by atoms with van der Waals surface area (Å²) in [6.07, 6.45) is 2.17. The Hall–Kier alpha value is -1.79. The van der Waals surface area contributed by atoms with Crippen molar-refractivity contribution >= 4 is 45.8 Å². The highest BCUT2D eigenvalue weighted by Crippen LogP contribution is 2.32. The van der Waals surface area contributed by atoms with E-state index >= 15 is 0 Å². The third kappa shape index (κ3) is 4.11. The van der Waals surface area contributed by atoms with E-state index in [2.05, 4.69) is 0 Å². The second kappa shape index (κ2) is 7.47. The van der Waals surface area contributed by atoms with E-state index in [4.69, 9.17) is 16.3 Å². The van der Waals surface area contributed by atoms with Gasteiger partial charge in [0.1, 0.15) is 5.75 Å². The van der Waals surface area contributed by atoms with Gasteiger partial charge in [-0.15, -0.1) is 0 Å². The normalized spacial score (nSPS) is 16.5. The number of carbonyl (C=O) groups is 3. The fraction of sp³-hybridized carbons (Fsp3) is 0.267. The average molecular weight is 340 g/mol. The number of ether oxygens (including phenoxy) is 1. The lowest BCUT2D eigenvalue weighted by Gasteiger charge is -2.10. The van der Waals surface area contributed by atoms with Crippen molar-refractivity contribution in [2.24, 2.45) is 0 Å². The number of imide groups is 1. The summed E-state index contributed by atoms with van der Waals surface area (Å²) in [5.74, 6) is 0.379. The smallest absolute Gasteiger partial charge is 0.293 e. The van der Waals surface area contributed by atoms with Gasteiger partial charge in [-0.05, 0) is 53.6 Å². The highest BCUT2D eigenvalue weighted by Gasteiger charge is 2.34. The molecule has 0 spiro atoms. The van der Waals surface area contributed by atoms with Crippen LogP contribution in [0.4, 0.5) is 4.79 Å². The molecule has 0 aliphatic carbocycles.